The summed E-state index contributed by atoms with van der Waals surface area (Å²) < 4.78 is 5.12. The number of carbonyl (C=O) groups is 2. The zero-order valence-corrected chi connectivity index (χ0v) is 15.7. The van der Waals surface area contributed by atoms with Crippen LogP contribution in [0.5, 0.6) is 0 Å². The van der Waals surface area contributed by atoms with Gasteiger partial charge in [-0.15, -0.1) is 0 Å². The summed E-state index contributed by atoms with van der Waals surface area (Å²) in [6.45, 7) is 6.38. The highest BCUT2D eigenvalue weighted by Crippen LogP contribution is 2.30. The van der Waals surface area contributed by atoms with Crippen LogP contribution in [-0.4, -0.2) is 56.6 Å². The van der Waals surface area contributed by atoms with Gasteiger partial charge in [-0.3, -0.25) is 9.59 Å². The fourth-order valence-electron chi connectivity index (χ4n) is 3.32. The lowest BCUT2D eigenvalue weighted by atomic mass is 10.1. The molecule has 1 atom stereocenters. The van der Waals surface area contributed by atoms with Gasteiger partial charge < -0.3 is 20.3 Å². The standard InChI is InChI=1S/C20H29N3O3/c1-14-3-4-17(11-18(14)22-20(25)16-5-6-16)19(24)21-12-15-7-8-23(13-15)9-10-26-2/h3-4,11,15-16H,5-10,12-13H2,1-2H3,(H,21,24)(H,22,25)/t15-/m0/s1. The molecule has 6 nitrogen and oxygen atoms in total. The predicted octanol–water partition coefficient (Wildman–Crippen LogP) is 2.04. The Morgan fingerprint density at radius 2 is 2.08 bits per heavy atom. The summed E-state index contributed by atoms with van der Waals surface area (Å²) in [6.07, 6.45) is 3.03. The van der Waals surface area contributed by atoms with E-state index in [0.717, 1.165) is 56.8 Å². The van der Waals surface area contributed by atoms with Crippen molar-refractivity contribution in [3.8, 4) is 0 Å². The summed E-state index contributed by atoms with van der Waals surface area (Å²) in [5.74, 6) is 0.612. The minimum atomic E-state index is -0.0812. The molecule has 1 saturated heterocycles. The van der Waals surface area contributed by atoms with Crippen molar-refractivity contribution in [3.63, 3.8) is 0 Å². The van der Waals surface area contributed by atoms with Crippen LogP contribution in [0.4, 0.5) is 5.69 Å². The molecule has 142 valence electrons. The van der Waals surface area contributed by atoms with Crippen molar-refractivity contribution in [2.24, 2.45) is 11.8 Å². The molecule has 1 aliphatic heterocycles. The monoisotopic (exact) mass is 359 g/mol. The number of likely N-dealkylation sites (tertiary alicyclic amines) is 1. The molecular weight excluding hydrogens is 330 g/mol. The Morgan fingerprint density at radius 3 is 2.81 bits per heavy atom. The van der Waals surface area contributed by atoms with E-state index in [1.54, 1.807) is 13.2 Å². The summed E-state index contributed by atoms with van der Waals surface area (Å²) in [7, 11) is 1.72. The van der Waals surface area contributed by atoms with E-state index >= 15 is 0 Å². The molecule has 1 heterocycles. The van der Waals surface area contributed by atoms with Gasteiger partial charge in [0.1, 0.15) is 0 Å². The molecule has 0 spiro atoms. The summed E-state index contributed by atoms with van der Waals surface area (Å²) in [5.41, 5.74) is 2.30. The fraction of sp³-hybridized carbons (Fsp3) is 0.600. The van der Waals surface area contributed by atoms with E-state index in [4.69, 9.17) is 4.74 Å². The molecule has 0 bridgehead atoms. The van der Waals surface area contributed by atoms with E-state index in [1.165, 1.54) is 0 Å². The first-order chi connectivity index (χ1) is 12.6. The fourth-order valence-corrected chi connectivity index (χ4v) is 3.32. The van der Waals surface area contributed by atoms with Gasteiger partial charge in [0.05, 0.1) is 6.61 Å². The first-order valence-electron chi connectivity index (χ1n) is 9.48. The number of hydrogen-bond acceptors (Lipinski definition) is 4. The molecule has 2 aliphatic rings. The largest absolute Gasteiger partial charge is 0.383 e. The van der Waals surface area contributed by atoms with Crippen molar-refractivity contribution in [2.45, 2.75) is 26.2 Å². The van der Waals surface area contributed by atoms with E-state index in [-0.39, 0.29) is 17.7 Å². The smallest absolute Gasteiger partial charge is 0.251 e. The van der Waals surface area contributed by atoms with Crippen molar-refractivity contribution >= 4 is 17.5 Å². The zero-order valence-electron chi connectivity index (χ0n) is 15.7. The highest BCUT2D eigenvalue weighted by atomic mass is 16.5. The van der Waals surface area contributed by atoms with Gasteiger partial charge in [-0.1, -0.05) is 6.07 Å². The van der Waals surface area contributed by atoms with Crippen molar-refractivity contribution < 1.29 is 14.3 Å². The molecule has 6 heteroatoms. The SMILES string of the molecule is COCCN1CC[C@@H](CNC(=O)c2ccc(C)c(NC(=O)C3CC3)c2)C1. The molecule has 0 radical (unpaired) electrons. The molecular formula is C20H29N3O3. The van der Waals surface area contributed by atoms with Gasteiger partial charge in [-0.25, -0.2) is 0 Å². The number of aryl methyl sites for hydroxylation is 1. The molecule has 1 saturated carbocycles. The average molecular weight is 359 g/mol. The molecule has 0 aromatic heterocycles. The van der Waals surface area contributed by atoms with Crippen LogP contribution in [0.1, 0.15) is 35.2 Å². The topological polar surface area (TPSA) is 70.7 Å². The lowest BCUT2D eigenvalue weighted by molar-refractivity contribution is -0.117. The zero-order chi connectivity index (χ0) is 18.5. The van der Waals surface area contributed by atoms with Gasteiger partial charge in [-0.2, -0.15) is 0 Å². The van der Waals surface area contributed by atoms with Crippen LogP contribution in [0, 0.1) is 18.8 Å². The second-order valence-corrected chi connectivity index (χ2v) is 7.45. The van der Waals surface area contributed by atoms with Crippen molar-refractivity contribution in [2.75, 3.05) is 45.2 Å². The molecule has 2 N–H and O–H groups in total. The van der Waals surface area contributed by atoms with Crippen molar-refractivity contribution in [1.82, 2.24) is 10.2 Å². The van der Waals surface area contributed by atoms with Crippen LogP contribution in [-0.2, 0) is 9.53 Å². The maximum absolute atomic E-state index is 12.5. The Hall–Kier alpha value is -1.92. The lowest BCUT2D eigenvalue weighted by Crippen LogP contribution is -2.31. The molecule has 1 aliphatic carbocycles. The second kappa shape index (κ2) is 8.64. The minimum absolute atomic E-state index is 0.0627. The molecule has 1 aromatic rings. The Kier molecular flexibility index (Phi) is 6.27. The van der Waals surface area contributed by atoms with E-state index in [0.29, 0.717) is 18.0 Å². The highest BCUT2D eigenvalue weighted by molar-refractivity contribution is 5.98. The quantitative estimate of drug-likeness (QED) is 0.745. The van der Waals surface area contributed by atoms with Gasteiger partial charge in [-0.05, 0) is 56.3 Å². The second-order valence-electron chi connectivity index (χ2n) is 7.45. The number of hydrogen-bond donors (Lipinski definition) is 2. The predicted molar refractivity (Wildman–Crippen MR) is 101 cm³/mol. The van der Waals surface area contributed by atoms with Crippen molar-refractivity contribution in [1.29, 1.82) is 0 Å². The number of nitrogens with zero attached hydrogens (tertiary/aromatic N) is 1. The number of anilines is 1. The summed E-state index contributed by atoms with van der Waals surface area (Å²) in [4.78, 5) is 26.9. The minimum Gasteiger partial charge on any atom is -0.383 e. The molecule has 2 amide bonds. The van der Waals surface area contributed by atoms with E-state index < -0.39 is 0 Å². The summed E-state index contributed by atoms with van der Waals surface area (Å²) >= 11 is 0. The first-order valence-corrected chi connectivity index (χ1v) is 9.48. The summed E-state index contributed by atoms with van der Waals surface area (Å²) in [5, 5.41) is 6.00. The highest BCUT2D eigenvalue weighted by Gasteiger charge is 2.30. The van der Waals surface area contributed by atoms with Gasteiger partial charge in [0.25, 0.3) is 5.91 Å². The number of benzene rings is 1. The molecule has 0 unspecified atom stereocenters. The summed E-state index contributed by atoms with van der Waals surface area (Å²) in [6, 6.07) is 5.49. The van der Waals surface area contributed by atoms with E-state index in [1.807, 2.05) is 19.1 Å². The Balaban J connectivity index is 1.50. The molecule has 26 heavy (non-hydrogen) atoms. The number of methoxy groups -OCH3 is 1. The molecule has 1 aromatic carbocycles. The van der Waals surface area contributed by atoms with Crippen LogP contribution in [0.3, 0.4) is 0 Å². The Bertz CT molecular complexity index is 658. The van der Waals surface area contributed by atoms with Crippen LogP contribution >= 0.6 is 0 Å². The van der Waals surface area contributed by atoms with Gasteiger partial charge in [0.2, 0.25) is 5.91 Å². The third-order valence-electron chi connectivity index (χ3n) is 5.24. The number of rotatable bonds is 8. The number of carbonyl (C=O) groups excluding carboxylic acids is 2. The van der Waals surface area contributed by atoms with Gasteiger partial charge >= 0.3 is 0 Å². The van der Waals surface area contributed by atoms with Crippen LogP contribution in [0.2, 0.25) is 0 Å². The van der Waals surface area contributed by atoms with Crippen LogP contribution < -0.4 is 10.6 Å². The van der Waals surface area contributed by atoms with Crippen LogP contribution in [0.25, 0.3) is 0 Å². The van der Waals surface area contributed by atoms with Crippen molar-refractivity contribution in [3.05, 3.63) is 29.3 Å². The number of ether oxygens (including phenoxy) is 1. The molecule has 2 fully saturated rings. The third-order valence-corrected chi connectivity index (χ3v) is 5.24. The Labute approximate surface area is 155 Å². The molecule has 3 rings (SSSR count). The maximum Gasteiger partial charge on any atom is 0.251 e. The average Bonchev–Trinajstić information content (AvgIpc) is 3.39. The lowest BCUT2D eigenvalue weighted by Gasteiger charge is -2.16. The third kappa shape index (κ3) is 5.05. The number of nitrogens with one attached hydrogen (secondary N) is 2. The van der Waals surface area contributed by atoms with E-state index in [9.17, 15) is 9.59 Å². The van der Waals surface area contributed by atoms with Gasteiger partial charge in [0, 0.05) is 43.9 Å². The maximum atomic E-state index is 12.5. The van der Waals surface area contributed by atoms with E-state index in [2.05, 4.69) is 15.5 Å². The van der Waals surface area contributed by atoms with Gasteiger partial charge in [0.15, 0.2) is 0 Å². The first kappa shape index (κ1) is 18.9. The Morgan fingerprint density at radius 1 is 1.27 bits per heavy atom. The normalized spacial score (nSPS) is 20.2. The van der Waals surface area contributed by atoms with Crippen LogP contribution in [0.15, 0.2) is 18.2 Å². The number of amides is 2.